The van der Waals surface area contributed by atoms with Crippen molar-refractivity contribution < 1.29 is 13.2 Å². The van der Waals surface area contributed by atoms with Crippen molar-refractivity contribution in [1.82, 2.24) is 5.32 Å². The average Bonchev–Trinajstić information content (AvgIpc) is 3.18. The van der Waals surface area contributed by atoms with Crippen molar-refractivity contribution in [3.8, 4) is 0 Å². The molecule has 1 fully saturated rings. The molecule has 1 saturated carbocycles. The fourth-order valence-corrected chi connectivity index (χ4v) is 4.35. The topological polar surface area (TPSA) is 69.7 Å². The number of nitrogens with one attached hydrogen (secondary N) is 1. The monoisotopic (exact) mass is 295 g/mol. The molecule has 0 aromatic heterocycles. The zero-order valence-electron chi connectivity index (χ0n) is 11.2. The van der Waals surface area contributed by atoms with Crippen LogP contribution in [0.5, 0.6) is 0 Å². The van der Waals surface area contributed by atoms with Gasteiger partial charge in [-0.3, -0.25) is 4.79 Å². The van der Waals surface area contributed by atoms with Crippen molar-refractivity contribution in [2.45, 2.75) is 25.8 Å². The van der Waals surface area contributed by atoms with E-state index in [2.05, 4.69) is 5.32 Å². The Morgan fingerprint density at radius 3 is 2.55 bits per heavy atom. The van der Waals surface area contributed by atoms with Gasteiger partial charge in [-0.15, -0.1) is 0 Å². The first-order valence-electron chi connectivity index (χ1n) is 6.73. The second-order valence-corrected chi connectivity index (χ2v) is 6.71. The van der Waals surface area contributed by atoms with Crippen molar-refractivity contribution >= 4 is 27.5 Å². The molecule has 7 heteroatoms. The van der Waals surface area contributed by atoms with Crippen LogP contribution in [0.2, 0.25) is 0 Å². The smallest absolute Gasteiger partial charge is 0.327 e. The van der Waals surface area contributed by atoms with Crippen LogP contribution in [0, 0.1) is 0 Å². The van der Waals surface area contributed by atoms with E-state index in [9.17, 15) is 13.2 Å². The minimum atomic E-state index is -3.63. The van der Waals surface area contributed by atoms with E-state index in [-0.39, 0.29) is 18.5 Å². The lowest BCUT2D eigenvalue weighted by Gasteiger charge is -2.21. The van der Waals surface area contributed by atoms with Gasteiger partial charge in [0.15, 0.2) is 0 Å². The van der Waals surface area contributed by atoms with Crippen LogP contribution in [-0.4, -0.2) is 33.5 Å². The van der Waals surface area contributed by atoms with Gasteiger partial charge in [-0.25, -0.2) is 8.61 Å². The number of benzene rings is 1. The number of carbonyl (C=O) groups is 1. The van der Waals surface area contributed by atoms with Crippen molar-refractivity contribution in [2.75, 3.05) is 21.7 Å². The minimum absolute atomic E-state index is 0.0420. The highest BCUT2D eigenvalue weighted by atomic mass is 32.2. The van der Waals surface area contributed by atoms with Gasteiger partial charge in [0.2, 0.25) is 5.91 Å². The molecule has 20 heavy (non-hydrogen) atoms. The van der Waals surface area contributed by atoms with Gasteiger partial charge in [0.05, 0.1) is 11.4 Å². The summed E-state index contributed by atoms with van der Waals surface area (Å²) in [6, 6.07) is 7.19. The molecule has 3 rings (SSSR count). The molecule has 0 atom stereocenters. The normalized spacial score (nSPS) is 19.9. The SMILES string of the molecule is CCNC(=O)CN1c2ccccc2N(C2CC2)S1(=O)=O. The maximum absolute atomic E-state index is 12.6. The van der Waals surface area contributed by atoms with E-state index in [1.165, 1.54) is 8.61 Å². The van der Waals surface area contributed by atoms with Crippen molar-refractivity contribution in [3.05, 3.63) is 24.3 Å². The quantitative estimate of drug-likeness (QED) is 0.895. The van der Waals surface area contributed by atoms with Gasteiger partial charge in [-0.2, -0.15) is 8.42 Å². The van der Waals surface area contributed by atoms with Crippen LogP contribution >= 0.6 is 0 Å². The maximum Gasteiger partial charge on any atom is 0.327 e. The Morgan fingerprint density at radius 1 is 1.30 bits per heavy atom. The molecule has 1 aliphatic heterocycles. The molecule has 1 aromatic carbocycles. The Hall–Kier alpha value is -1.76. The molecule has 2 aliphatic rings. The fraction of sp³-hybridized carbons (Fsp3) is 0.462. The van der Waals surface area contributed by atoms with Gasteiger partial charge in [0, 0.05) is 12.6 Å². The van der Waals surface area contributed by atoms with Crippen molar-refractivity contribution in [1.29, 1.82) is 0 Å². The first-order valence-corrected chi connectivity index (χ1v) is 8.13. The molecule has 6 nitrogen and oxygen atoms in total. The summed E-state index contributed by atoms with van der Waals surface area (Å²) in [5.41, 5.74) is 1.27. The van der Waals surface area contributed by atoms with Gasteiger partial charge in [-0.05, 0) is 31.9 Å². The van der Waals surface area contributed by atoms with E-state index in [4.69, 9.17) is 0 Å². The van der Waals surface area contributed by atoms with Gasteiger partial charge in [0.1, 0.15) is 6.54 Å². The number of carbonyl (C=O) groups excluding carboxylic acids is 1. The van der Waals surface area contributed by atoms with Crippen LogP contribution in [-0.2, 0) is 15.0 Å². The largest absolute Gasteiger partial charge is 0.355 e. The van der Waals surface area contributed by atoms with E-state index in [0.717, 1.165) is 12.8 Å². The molecule has 1 N–H and O–H groups in total. The summed E-state index contributed by atoms with van der Waals surface area (Å²) in [5.74, 6) is -0.288. The predicted molar refractivity (Wildman–Crippen MR) is 76.9 cm³/mol. The molecule has 0 radical (unpaired) electrons. The van der Waals surface area contributed by atoms with Gasteiger partial charge in [0.25, 0.3) is 0 Å². The first kappa shape index (κ1) is 13.2. The lowest BCUT2D eigenvalue weighted by molar-refractivity contribution is -0.119. The van der Waals surface area contributed by atoms with Gasteiger partial charge >= 0.3 is 10.2 Å². The third kappa shape index (κ3) is 2.02. The minimum Gasteiger partial charge on any atom is -0.355 e. The van der Waals surface area contributed by atoms with Crippen LogP contribution in [0.15, 0.2) is 24.3 Å². The molecule has 0 saturated heterocycles. The third-order valence-electron chi connectivity index (χ3n) is 3.45. The summed E-state index contributed by atoms with van der Waals surface area (Å²) in [7, 11) is -3.63. The third-order valence-corrected chi connectivity index (χ3v) is 5.33. The molecule has 0 unspecified atom stereocenters. The number of hydrogen-bond donors (Lipinski definition) is 1. The highest BCUT2D eigenvalue weighted by molar-refractivity contribution is 7.94. The van der Waals surface area contributed by atoms with E-state index in [1.54, 1.807) is 25.1 Å². The molecule has 1 heterocycles. The Morgan fingerprint density at radius 2 is 1.95 bits per heavy atom. The zero-order valence-corrected chi connectivity index (χ0v) is 12.1. The lowest BCUT2D eigenvalue weighted by atomic mass is 10.2. The second kappa shape index (κ2) is 4.66. The summed E-state index contributed by atoms with van der Waals surface area (Å²) in [5, 5.41) is 2.64. The summed E-state index contributed by atoms with van der Waals surface area (Å²) in [4.78, 5) is 11.8. The molecule has 1 amide bonds. The van der Waals surface area contributed by atoms with E-state index < -0.39 is 10.2 Å². The molecule has 0 spiro atoms. The first-order chi connectivity index (χ1) is 9.55. The van der Waals surface area contributed by atoms with Crippen LogP contribution in [0.1, 0.15) is 19.8 Å². The lowest BCUT2D eigenvalue weighted by Crippen LogP contribution is -2.44. The second-order valence-electron chi connectivity index (χ2n) is 4.98. The van der Waals surface area contributed by atoms with E-state index >= 15 is 0 Å². The molecular weight excluding hydrogens is 278 g/mol. The Labute approximate surface area is 118 Å². The summed E-state index contributed by atoms with van der Waals surface area (Å²) < 4.78 is 27.9. The van der Waals surface area contributed by atoms with Crippen LogP contribution in [0.4, 0.5) is 11.4 Å². The number of likely N-dealkylation sites (N-methyl/N-ethyl adjacent to an activating group) is 1. The number of fused-ring (bicyclic) bond motifs is 1. The maximum atomic E-state index is 12.6. The summed E-state index contributed by atoms with van der Waals surface area (Å²) in [6.07, 6.45) is 1.76. The number of nitrogens with zero attached hydrogens (tertiary/aromatic N) is 2. The zero-order chi connectivity index (χ0) is 14.3. The number of rotatable bonds is 4. The Bertz CT molecular complexity index is 640. The standard InChI is InChI=1S/C13H17N3O3S/c1-2-14-13(17)9-15-11-5-3-4-6-12(11)16(10-7-8-10)20(15,18)19/h3-6,10H,2,7-9H2,1H3,(H,14,17). The van der Waals surface area contributed by atoms with E-state index in [0.29, 0.717) is 17.9 Å². The predicted octanol–water partition coefficient (Wildman–Crippen LogP) is 0.856. The summed E-state index contributed by atoms with van der Waals surface area (Å²) in [6.45, 7) is 2.12. The summed E-state index contributed by atoms with van der Waals surface area (Å²) >= 11 is 0. The molecule has 1 aromatic rings. The van der Waals surface area contributed by atoms with Crippen molar-refractivity contribution in [2.24, 2.45) is 0 Å². The number of anilines is 2. The highest BCUT2D eigenvalue weighted by Crippen LogP contribution is 2.46. The highest BCUT2D eigenvalue weighted by Gasteiger charge is 2.47. The Kier molecular flexibility index (Phi) is 3.08. The van der Waals surface area contributed by atoms with Gasteiger partial charge < -0.3 is 5.32 Å². The van der Waals surface area contributed by atoms with Gasteiger partial charge in [-0.1, -0.05) is 12.1 Å². The molecular formula is C13H17N3O3S. The molecule has 108 valence electrons. The number of para-hydroxylation sites is 2. The molecule has 1 aliphatic carbocycles. The number of amides is 1. The van der Waals surface area contributed by atoms with Crippen molar-refractivity contribution in [3.63, 3.8) is 0 Å². The molecule has 0 bridgehead atoms. The Balaban J connectivity index is 1.99. The van der Waals surface area contributed by atoms with Crippen LogP contribution in [0.3, 0.4) is 0 Å². The number of hydrogen-bond acceptors (Lipinski definition) is 3. The van der Waals surface area contributed by atoms with Crippen LogP contribution < -0.4 is 13.9 Å². The van der Waals surface area contributed by atoms with E-state index in [1.807, 2.05) is 6.07 Å². The average molecular weight is 295 g/mol. The van der Waals surface area contributed by atoms with Crippen LogP contribution in [0.25, 0.3) is 0 Å². The fourth-order valence-electron chi connectivity index (χ4n) is 2.46.